The van der Waals surface area contributed by atoms with Crippen LogP contribution in [0.25, 0.3) is 0 Å². The van der Waals surface area contributed by atoms with Gasteiger partial charge in [0.15, 0.2) is 0 Å². The second-order valence-electron chi connectivity index (χ2n) is 9.34. The van der Waals surface area contributed by atoms with E-state index in [9.17, 15) is 13.2 Å². The highest BCUT2D eigenvalue weighted by Crippen LogP contribution is 2.33. The number of piperazine rings is 1. The normalized spacial score (nSPS) is 26.1. The van der Waals surface area contributed by atoms with Crippen molar-refractivity contribution in [1.29, 1.82) is 0 Å². The molecule has 3 rings (SSSR count). The molecule has 0 saturated carbocycles. The molecule has 1 aromatic carbocycles. The fourth-order valence-corrected chi connectivity index (χ4v) is 5.02. The van der Waals surface area contributed by atoms with E-state index in [0.29, 0.717) is 24.0 Å². The van der Waals surface area contributed by atoms with Crippen LogP contribution in [0.15, 0.2) is 29.4 Å². The minimum Gasteiger partial charge on any atom is -0.411 e. The first-order valence-electron chi connectivity index (χ1n) is 11.8. The minimum absolute atomic E-state index is 0.0340. The average Bonchev–Trinajstić information content (AvgIpc) is 2.81. The van der Waals surface area contributed by atoms with Crippen LogP contribution in [-0.4, -0.2) is 72.3 Å². The first kappa shape index (κ1) is 25.0. The number of oxime groups is 1. The van der Waals surface area contributed by atoms with Gasteiger partial charge in [-0.15, -0.1) is 0 Å². The molecule has 4 unspecified atom stereocenters. The molecule has 0 bridgehead atoms. The van der Waals surface area contributed by atoms with Gasteiger partial charge in [-0.3, -0.25) is 4.90 Å². The molecule has 0 amide bonds. The van der Waals surface area contributed by atoms with Crippen molar-refractivity contribution in [3.63, 3.8) is 0 Å². The maximum atomic E-state index is 12.9. The summed E-state index contributed by atoms with van der Waals surface area (Å²) in [5, 5.41) is 15.4. The van der Waals surface area contributed by atoms with Gasteiger partial charge >= 0.3 is 6.18 Å². The van der Waals surface area contributed by atoms with Crippen molar-refractivity contribution in [3.8, 4) is 0 Å². The van der Waals surface area contributed by atoms with Crippen LogP contribution < -0.4 is 5.32 Å². The lowest BCUT2D eigenvalue weighted by Gasteiger charge is -2.43. The molecule has 2 saturated heterocycles. The Morgan fingerprint density at radius 2 is 1.81 bits per heavy atom. The quantitative estimate of drug-likeness (QED) is 0.361. The van der Waals surface area contributed by atoms with Crippen molar-refractivity contribution in [1.82, 2.24) is 15.1 Å². The first-order valence-corrected chi connectivity index (χ1v) is 11.8. The highest BCUT2D eigenvalue weighted by molar-refractivity contribution is 5.98. The van der Waals surface area contributed by atoms with Gasteiger partial charge in [0.05, 0.1) is 17.8 Å². The Kier molecular flexibility index (Phi) is 8.58. The van der Waals surface area contributed by atoms with Crippen LogP contribution in [0.2, 0.25) is 0 Å². The standard InChI is InChI=1S/C24H37F3N4O/c1-4-19(17(2)20-5-7-21(8-6-20)18(3)29-32)16-30-11-13-31(14-12-30)23-10-9-22(15-28-23)24(25,26)27/h5-8,17,19,22-23,28,32H,4,9-16H2,1-3H3/b29-18+. The topological polar surface area (TPSA) is 51.1 Å². The third kappa shape index (κ3) is 6.23. The number of nitrogens with one attached hydrogen (secondary N) is 1. The summed E-state index contributed by atoms with van der Waals surface area (Å²) in [4.78, 5) is 4.82. The number of rotatable bonds is 7. The lowest BCUT2D eigenvalue weighted by molar-refractivity contribution is -0.182. The summed E-state index contributed by atoms with van der Waals surface area (Å²) in [6.45, 7) is 11.0. The van der Waals surface area contributed by atoms with Crippen LogP contribution in [-0.2, 0) is 0 Å². The Bertz CT molecular complexity index is 737. The van der Waals surface area contributed by atoms with Crippen molar-refractivity contribution in [2.75, 3.05) is 39.3 Å². The molecule has 4 atom stereocenters. The van der Waals surface area contributed by atoms with Crippen molar-refractivity contribution in [2.24, 2.45) is 17.0 Å². The smallest absolute Gasteiger partial charge is 0.393 e. The zero-order valence-corrected chi connectivity index (χ0v) is 19.4. The number of nitrogens with zero attached hydrogens (tertiary/aromatic N) is 3. The Labute approximate surface area is 189 Å². The molecule has 2 heterocycles. The first-order chi connectivity index (χ1) is 15.2. The molecule has 180 valence electrons. The molecule has 2 aliphatic rings. The fourth-order valence-electron chi connectivity index (χ4n) is 5.02. The van der Waals surface area contributed by atoms with E-state index < -0.39 is 12.1 Å². The molecule has 8 heteroatoms. The second-order valence-corrected chi connectivity index (χ2v) is 9.34. The lowest BCUT2D eigenvalue weighted by Crippen LogP contribution is -2.58. The van der Waals surface area contributed by atoms with Crippen LogP contribution in [0, 0.1) is 11.8 Å². The van der Waals surface area contributed by atoms with E-state index in [2.05, 4.69) is 46.3 Å². The van der Waals surface area contributed by atoms with Gasteiger partial charge in [-0.25, -0.2) is 0 Å². The summed E-state index contributed by atoms with van der Waals surface area (Å²) >= 11 is 0. The van der Waals surface area contributed by atoms with Crippen LogP contribution in [0.4, 0.5) is 13.2 Å². The largest absolute Gasteiger partial charge is 0.411 e. The van der Waals surface area contributed by atoms with Crippen molar-refractivity contribution in [3.05, 3.63) is 35.4 Å². The highest BCUT2D eigenvalue weighted by atomic mass is 19.4. The number of alkyl halides is 3. The summed E-state index contributed by atoms with van der Waals surface area (Å²) in [5.74, 6) is -0.265. The Morgan fingerprint density at radius 1 is 1.16 bits per heavy atom. The molecule has 5 nitrogen and oxygen atoms in total. The fraction of sp³-hybridized carbons (Fsp3) is 0.708. The maximum Gasteiger partial charge on any atom is 0.393 e. The molecular formula is C24H37F3N4O. The number of hydrogen-bond donors (Lipinski definition) is 2. The van der Waals surface area contributed by atoms with Gasteiger partial charge in [-0.1, -0.05) is 49.7 Å². The zero-order chi connectivity index (χ0) is 23.3. The summed E-state index contributed by atoms with van der Waals surface area (Å²) in [6, 6.07) is 8.26. The van der Waals surface area contributed by atoms with Crippen LogP contribution >= 0.6 is 0 Å². The van der Waals surface area contributed by atoms with E-state index in [4.69, 9.17) is 5.21 Å². The van der Waals surface area contributed by atoms with Gasteiger partial charge in [-0.05, 0) is 42.7 Å². The summed E-state index contributed by atoms with van der Waals surface area (Å²) < 4.78 is 38.7. The van der Waals surface area contributed by atoms with Crippen molar-refractivity contribution >= 4 is 5.71 Å². The van der Waals surface area contributed by atoms with Crippen molar-refractivity contribution < 1.29 is 18.4 Å². The van der Waals surface area contributed by atoms with Gasteiger partial charge < -0.3 is 15.4 Å². The Hall–Kier alpha value is -1.64. The van der Waals surface area contributed by atoms with Crippen LogP contribution in [0.5, 0.6) is 0 Å². The molecule has 0 radical (unpaired) electrons. The van der Waals surface area contributed by atoms with E-state index >= 15 is 0 Å². The second kappa shape index (κ2) is 11.0. The number of benzene rings is 1. The molecule has 1 aromatic rings. The van der Waals surface area contributed by atoms with Gasteiger partial charge in [0, 0.05) is 39.3 Å². The SMILES string of the molecule is CCC(CN1CCN(C2CCC(C(F)(F)F)CN2)CC1)C(C)c1ccc(/C(C)=N/O)cc1. The average molecular weight is 455 g/mol. The zero-order valence-electron chi connectivity index (χ0n) is 19.4. The molecule has 0 aliphatic carbocycles. The molecule has 2 aliphatic heterocycles. The molecule has 2 N–H and O–H groups in total. The molecule has 32 heavy (non-hydrogen) atoms. The summed E-state index contributed by atoms with van der Waals surface area (Å²) in [6.07, 6.45) is -2.15. The van der Waals surface area contributed by atoms with Crippen molar-refractivity contribution in [2.45, 2.75) is 58.3 Å². The highest BCUT2D eigenvalue weighted by Gasteiger charge is 2.42. The third-order valence-electron chi connectivity index (χ3n) is 7.43. The van der Waals surface area contributed by atoms with E-state index in [-0.39, 0.29) is 19.1 Å². The van der Waals surface area contributed by atoms with Gasteiger partial charge in [-0.2, -0.15) is 13.2 Å². The molecular weight excluding hydrogens is 417 g/mol. The number of hydrogen-bond acceptors (Lipinski definition) is 5. The molecule has 2 fully saturated rings. The summed E-state index contributed by atoms with van der Waals surface area (Å²) in [5.41, 5.74) is 2.82. The predicted octanol–water partition coefficient (Wildman–Crippen LogP) is 4.52. The van der Waals surface area contributed by atoms with Gasteiger partial charge in [0.25, 0.3) is 0 Å². The number of halogens is 3. The maximum absolute atomic E-state index is 12.9. The van der Waals surface area contributed by atoms with E-state index in [1.54, 1.807) is 6.92 Å². The molecule has 0 aromatic heterocycles. The Balaban J connectivity index is 1.48. The number of piperidine rings is 1. The van der Waals surface area contributed by atoms with E-state index in [0.717, 1.165) is 44.7 Å². The monoisotopic (exact) mass is 454 g/mol. The van der Waals surface area contributed by atoms with E-state index in [1.807, 2.05) is 12.1 Å². The predicted molar refractivity (Wildman–Crippen MR) is 121 cm³/mol. The van der Waals surface area contributed by atoms with Crippen LogP contribution in [0.3, 0.4) is 0 Å². The van der Waals surface area contributed by atoms with Crippen LogP contribution in [0.1, 0.15) is 57.1 Å². The molecule has 0 spiro atoms. The summed E-state index contributed by atoms with van der Waals surface area (Å²) in [7, 11) is 0. The Morgan fingerprint density at radius 3 is 2.31 bits per heavy atom. The lowest BCUT2D eigenvalue weighted by atomic mass is 9.85. The van der Waals surface area contributed by atoms with Gasteiger partial charge in [0.1, 0.15) is 0 Å². The van der Waals surface area contributed by atoms with E-state index in [1.165, 1.54) is 5.56 Å². The van der Waals surface area contributed by atoms with Gasteiger partial charge in [0.2, 0.25) is 0 Å². The third-order valence-corrected chi connectivity index (χ3v) is 7.43. The minimum atomic E-state index is -4.09.